The number of alkyl halides is 6. The molecule has 0 aliphatic heterocycles. The van der Waals surface area contributed by atoms with E-state index in [0.29, 0.717) is 11.6 Å². The van der Waals surface area contributed by atoms with Crippen molar-refractivity contribution in [3.05, 3.63) is 65.2 Å². The van der Waals surface area contributed by atoms with E-state index >= 15 is 0 Å². The van der Waals surface area contributed by atoms with Crippen LogP contribution < -0.4 is 10.6 Å². The largest absolute Gasteiger partial charge is 0.417 e. The molecule has 0 saturated carbocycles. The standard InChI is InChI=1S/C18H14F6N2O2/c19-17(20,21)10-9-11-5-7-12(8-6-11)25-16(28)26-15(27)13-3-1-2-4-14(13)18(22,23)24/h1-8H,9-10H2,(H2,25,26,27,28). The minimum atomic E-state index is -4.77. The molecule has 2 aromatic rings. The summed E-state index contributed by atoms with van der Waals surface area (Å²) in [6, 6.07) is 8.27. The van der Waals surface area contributed by atoms with E-state index in [1.165, 1.54) is 30.3 Å². The van der Waals surface area contributed by atoms with E-state index in [2.05, 4.69) is 5.32 Å². The third-order valence-corrected chi connectivity index (χ3v) is 3.61. The van der Waals surface area contributed by atoms with Crippen molar-refractivity contribution in [1.82, 2.24) is 5.32 Å². The van der Waals surface area contributed by atoms with E-state index in [9.17, 15) is 35.9 Å². The van der Waals surface area contributed by atoms with Crippen LogP contribution in [-0.2, 0) is 12.6 Å². The van der Waals surface area contributed by atoms with Gasteiger partial charge in [0.2, 0.25) is 0 Å². The van der Waals surface area contributed by atoms with Gasteiger partial charge in [-0.1, -0.05) is 24.3 Å². The lowest BCUT2D eigenvalue weighted by atomic mass is 10.1. The third-order valence-electron chi connectivity index (χ3n) is 3.61. The number of hydrogen-bond acceptors (Lipinski definition) is 2. The van der Waals surface area contributed by atoms with Crippen LogP contribution in [-0.4, -0.2) is 18.1 Å². The molecule has 0 atom stereocenters. The molecule has 2 aromatic carbocycles. The monoisotopic (exact) mass is 404 g/mol. The summed E-state index contributed by atoms with van der Waals surface area (Å²) in [5.41, 5.74) is -1.36. The zero-order chi connectivity index (χ0) is 20.9. The average molecular weight is 404 g/mol. The quantitative estimate of drug-likeness (QED) is 0.692. The second-order valence-electron chi connectivity index (χ2n) is 5.76. The predicted molar refractivity (Wildman–Crippen MR) is 88.7 cm³/mol. The highest BCUT2D eigenvalue weighted by Gasteiger charge is 2.35. The second kappa shape index (κ2) is 8.32. The first kappa shape index (κ1) is 21.3. The minimum absolute atomic E-state index is 0.158. The van der Waals surface area contributed by atoms with Gasteiger partial charge in [-0.2, -0.15) is 26.3 Å². The summed E-state index contributed by atoms with van der Waals surface area (Å²) in [6.45, 7) is 0. The highest BCUT2D eigenvalue weighted by Crippen LogP contribution is 2.31. The lowest BCUT2D eigenvalue weighted by molar-refractivity contribution is -0.138. The van der Waals surface area contributed by atoms with E-state index in [-0.39, 0.29) is 12.1 Å². The Kier molecular flexibility index (Phi) is 6.32. The maximum atomic E-state index is 12.9. The molecule has 0 bridgehead atoms. The van der Waals surface area contributed by atoms with Gasteiger partial charge < -0.3 is 5.32 Å². The molecule has 0 spiro atoms. The molecule has 0 unspecified atom stereocenters. The first-order valence-electron chi connectivity index (χ1n) is 7.90. The van der Waals surface area contributed by atoms with E-state index in [1.807, 2.05) is 0 Å². The fourth-order valence-electron chi connectivity index (χ4n) is 2.30. The van der Waals surface area contributed by atoms with Gasteiger partial charge in [0, 0.05) is 12.1 Å². The van der Waals surface area contributed by atoms with Crippen molar-refractivity contribution in [2.24, 2.45) is 0 Å². The summed E-state index contributed by atoms with van der Waals surface area (Å²) in [6.07, 6.45) is -10.3. The zero-order valence-electron chi connectivity index (χ0n) is 14.1. The minimum Gasteiger partial charge on any atom is -0.308 e. The molecule has 28 heavy (non-hydrogen) atoms. The molecule has 10 heteroatoms. The lowest BCUT2D eigenvalue weighted by Crippen LogP contribution is -2.35. The van der Waals surface area contributed by atoms with Crippen molar-refractivity contribution in [3.63, 3.8) is 0 Å². The normalized spacial score (nSPS) is 11.8. The van der Waals surface area contributed by atoms with Crippen molar-refractivity contribution in [3.8, 4) is 0 Å². The maximum absolute atomic E-state index is 12.9. The first-order valence-corrected chi connectivity index (χ1v) is 7.90. The maximum Gasteiger partial charge on any atom is 0.417 e. The number of hydrogen-bond donors (Lipinski definition) is 2. The number of anilines is 1. The molecular formula is C18H14F6N2O2. The summed E-state index contributed by atoms with van der Waals surface area (Å²) in [7, 11) is 0. The van der Waals surface area contributed by atoms with Crippen LogP contribution in [0.15, 0.2) is 48.5 Å². The molecule has 150 valence electrons. The van der Waals surface area contributed by atoms with Crippen molar-refractivity contribution >= 4 is 17.6 Å². The van der Waals surface area contributed by atoms with Gasteiger partial charge in [-0.15, -0.1) is 0 Å². The lowest BCUT2D eigenvalue weighted by Gasteiger charge is -2.12. The Morgan fingerprint density at radius 2 is 1.46 bits per heavy atom. The molecular weight excluding hydrogens is 390 g/mol. The molecule has 0 aliphatic rings. The summed E-state index contributed by atoms with van der Waals surface area (Å²) in [5.74, 6) is -1.24. The van der Waals surface area contributed by atoms with Crippen molar-refractivity contribution in [2.45, 2.75) is 25.2 Å². The Labute approximate surface area is 155 Å². The molecule has 2 rings (SSSR count). The average Bonchev–Trinajstić information content (AvgIpc) is 2.59. The number of nitrogens with one attached hydrogen (secondary N) is 2. The number of carbonyl (C=O) groups excluding carboxylic acids is 2. The SMILES string of the molecule is O=C(NC(=O)c1ccccc1C(F)(F)F)Nc1ccc(CCC(F)(F)F)cc1. The van der Waals surface area contributed by atoms with E-state index < -0.39 is 41.8 Å². The van der Waals surface area contributed by atoms with Gasteiger partial charge in [0.1, 0.15) is 0 Å². The molecule has 0 aromatic heterocycles. The van der Waals surface area contributed by atoms with Crippen LogP contribution >= 0.6 is 0 Å². The number of amides is 3. The summed E-state index contributed by atoms with van der Waals surface area (Å²) < 4.78 is 75.3. The van der Waals surface area contributed by atoms with Crippen LogP contribution in [0.2, 0.25) is 0 Å². The Morgan fingerprint density at radius 1 is 0.857 bits per heavy atom. The fourth-order valence-corrected chi connectivity index (χ4v) is 2.30. The fraction of sp³-hybridized carbons (Fsp3) is 0.222. The third kappa shape index (κ3) is 6.29. The zero-order valence-corrected chi connectivity index (χ0v) is 14.1. The number of rotatable bonds is 4. The van der Waals surface area contributed by atoms with Crippen LogP contribution in [0.25, 0.3) is 0 Å². The highest BCUT2D eigenvalue weighted by atomic mass is 19.4. The Bertz CT molecular complexity index is 844. The molecule has 0 radical (unpaired) electrons. The highest BCUT2D eigenvalue weighted by molar-refractivity contribution is 6.08. The topological polar surface area (TPSA) is 58.2 Å². The number of benzene rings is 2. The number of urea groups is 1. The number of imide groups is 1. The van der Waals surface area contributed by atoms with E-state index in [1.54, 1.807) is 5.32 Å². The van der Waals surface area contributed by atoms with Crippen molar-refractivity contribution < 1.29 is 35.9 Å². The molecule has 4 nitrogen and oxygen atoms in total. The van der Waals surface area contributed by atoms with Gasteiger partial charge in [-0.25, -0.2) is 4.79 Å². The van der Waals surface area contributed by atoms with Gasteiger partial charge in [0.25, 0.3) is 5.91 Å². The van der Waals surface area contributed by atoms with Crippen molar-refractivity contribution in [2.75, 3.05) is 5.32 Å². The Hall–Kier alpha value is -3.04. The summed E-state index contributed by atoms with van der Waals surface area (Å²) >= 11 is 0. The first-order chi connectivity index (χ1) is 13.0. The van der Waals surface area contributed by atoms with Crippen LogP contribution in [0.5, 0.6) is 0 Å². The van der Waals surface area contributed by atoms with Crippen LogP contribution in [0.3, 0.4) is 0 Å². The molecule has 0 heterocycles. The predicted octanol–water partition coefficient (Wildman–Crippen LogP) is 5.16. The summed E-state index contributed by atoms with van der Waals surface area (Å²) in [5, 5.41) is 4.01. The van der Waals surface area contributed by atoms with E-state index in [4.69, 9.17) is 0 Å². The van der Waals surface area contributed by atoms with Crippen LogP contribution in [0, 0.1) is 0 Å². The van der Waals surface area contributed by atoms with Crippen LogP contribution in [0.1, 0.15) is 27.9 Å². The molecule has 0 aliphatic carbocycles. The molecule has 0 fully saturated rings. The van der Waals surface area contributed by atoms with Gasteiger partial charge >= 0.3 is 18.4 Å². The second-order valence-corrected chi connectivity index (χ2v) is 5.76. The van der Waals surface area contributed by atoms with Crippen LogP contribution in [0.4, 0.5) is 36.8 Å². The number of carbonyl (C=O) groups is 2. The molecule has 2 N–H and O–H groups in total. The van der Waals surface area contributed by atoms with Crippen molar-refractivity contribution in [1.29, 1.82) is 0 Å². The smallest absolute Gasteiger partial charge is 0.308 e. The Balaban J connectivity index is 1.98. The van der Waals surface area contributed by atoms with Gasteiger partial charge in [-0.3, -0.25) is 10.1 Å². The molecule has 0 saturated heterocycles. The Morgan fingerprint density at radius 3 is 2.04 bits per heavy atom. The van der Waals surface area contributed by atoms with Gasteiger partial charge in [0.15, 0.2) is 0 Å². The van der Waals surface area contributed by atoms with Gasteiger partial charge in [-0.05, 0) is 36.2 Å². The number of aryl methyl sites for hydroxylation is 1. The number of halogens is 6. The van der Waals surface area contributed by atoms with Gasteiger partial charge in [0.05, 0.1) is 11.1 Å². The summed E-state index contributed by atoms with van der Waals surface area (Å²) in [4.78, 5) is 23.8. The van der Waals surface area contributed by atoms with E-state index in [0.717, 1.165) is 12.1 Å². The molecule has 3 amide bonds.